The van der Waals surface area contributed by atoms with Gasteiger partial charge in [-0.2, -0.15) is 26.3 Å². The van der Waals surface area contributed by atoms with Gasteiger partial charge in [-0.3, -0.25) is 0 Å². The van der Waals surface area contributed by atoms with E-state index >= 15 is 17.6 Å². The molecule has 0 heterocycles. The van der Waals surface area contributed by atoms with E-state index in [9.17, 15) is 35.1 Å². The van der Waals surface area contributed by atoms with Crippen LogP contribution in [0.5, 0.6) is 23.0 Å². The maximum atomic E-state index is 15.2. The highest BCUT2D eigenvalue weighted by molar-refractivity contribution is 5.51. The molecular weight excluding hydrogens is 612 g/mol. The number of rotatable bonds is 6. The molecule has 4 rings (SSSR count). The van der Waals surface area contributed by atoms with Crippen molar-refractivity contribution < 1.29 is 62.2 Å². The monoisotopic (exact) mass is 626 g/mol. The molecule has 4 aromatic rings. The van der Waals surface area contributed by atoms with Gasteiger partial charge in [0.2, 0.25) is 46.4 Å². The number of anilines is 2. The van der Waals surface area contributed by atoms with Crippen LogP contribution < -0.4 is 20.9 Å². The Hall–Kier alpha value is -4.76. The van der Waals surface area contributed by atoms with Crippen LogP contribution in [0.2, 0.25) is 0 Å². The Kier molecular flexibility index (Phi) is 7.84. The lowest BCUT2D eigenvalue weighted by molar-refractivity contribution is 0.324. The summed E-state index contributed by atoms with van der Waals surface area (Å²) in [5, 5.41) is 0. The fourth-order valence-electron chi connectivity index (χ4n) is 4.10. The Morgan fingerprint density at radius 3 is 0.977 bits per heavy atom. The molecular formula is C27H14F12N2O2. The predicted molar refractivity (Wildman–Crippen MR) is 126 cm³/mol. The Labute approximate surface area is 233 Å². The minimum atomic E-state index is -2.99. The van der Waals surface area contributed by atoms with Gasteiger partial charge in [-0.05, 0) is 24.3 Å². The Bertz CT molecular complexity index is 1620. The van der Waals surface area contributed by atoms with Gasteiger partial charge >= 0.3 is 0 Å². The van der Waals surface area contributed by atoms with E-state index in [1.807, 2.05) is 0 Å². The largest absolute Gasteiger partial charge is 0.448 e. The van der Waals surface area contributed by atoms with E-state index in [-0.39, 0.29) is 0 Å². The molecule has 43 heavy (non-hydrogen) atoms. The third-order valence-corrected chi connectivity index (χ3v) is 6.27. The number of hydrogen-bond donors (Lipinski definition) is 2. The standard InChI is InChI=1S/C27H14F12N2O2/c1-27(2,11-17(32)21(36)25(22(37)18(11)33)42-9-5-3-7(40)13(28)15(9)30)12-19(34)23(38)26(24(39)20(12)35)43-10-6-4-8(41)14(29)16(10)31/h3-6H,40-41H2,1-2H3. The van der Waals surface area contributed by atoms with E-state index in [0.717, 1.165) is 0 Å². The quantitative estimate of drug-likeness (QED) is 0.128. The Balaban J connectivity index is 1.86. The van der Waals surface area contributed by atoms with Crippen LogP contribution in [0.4, 0.5) is 64.1 Å². The first-order valence-corrected chi connectivity index (χ1v) is 11.5. The fourth-order valence-corrected chi connectivity index (χ4v) is 4.10. The molecule has 4 nitrogen and oxygen atoms in total. The van der Waals surface area contributed by atoms with Crippen LogP contribution >= 0.6 is 0 Å². The summed E-state index contributed by atoms with van der Waals surface area (Å²) in [5.74, 6) is -33.0. The first-order chi connectivity index (χ1) is 19.9. The SMILES string of the molecule is CC(C)(c1c(F)c(F)c(Oc2ccc(N)c(F)c2F)c(F)c1F)c1c(F)c(F)c(Oc2ccc(N)c(F)c2F)c(F)c1F. The average Bonchev–Trinajstić information content (AvgIpc) is 2.95. The van der Waals surface area contributed by atoms with Crippen molar-refractivity contribution in [3.05, 3.63) is 105 Å². The summed E-state index contributed by atoms with van der Waals surface area (Å²) >= 11 is 0. The van der Waals surface area contributed by atoms with E-state index in [1.54, 1.807) is 0 Å². The van der Waals surface area contributed by atoms with Crippen molar-refractivity contribution in [2.75, 3.05) is 11.5 Å². The minimum Gasteiger partial charge on any atom is -0.448 e. The van der Waals surface area contributed by atoms with Gasteiger partial charge in [0.15, 0.2) is 46.4 Å². The van der Waals surface area contributed by atoms with Gasteiger partial charge in [-0.1, -0.05) is 13.8 Å². The minimum absolute atomic E-state index is 0.513. The number of hydrogen-bond acceptors (Lipinski definition) is 4. The van der Waals surface area contributed by atoms with E-state index < -0.39 is 121 Å². The molecule has 4 aromatic carbocycles. The highest BCUT2D eigenvalue weighted by atomic mass is 19.2. The third-order valence-electron chi connectivity index (χ3n) is 6.27. The zero-order valence-corrected chi connectivity index (χ0v) is 21.3. The van der Waals surface area contributed by atoms with Crippen LogP contribution in [-0.4, -0.2) is 0 Å². The highest BCUT2D eigenvalue weighted by Gasteiger charge is 2.43. The molecule has 0 fully saturated rings. The van der Waals surface area contributed by atoms with Crippen LogP contribution in [0.1, 0.15) is 25.0 Å². The van der Waals surface area contributed by atoms with Crippen LogP contribution in [0.25, 0.3) is 0 Å². The van der Waals surface area contributed by atoms with Gasteiger partial charge in [0.25, 0.3) is 0 Å². The summed E-state index contributed by atoms with van der Waals surface area (Å²) in [5.41, 5.74) is 2.11. The lowest BCUT2D eigenvalue weighted by Crippen LogP contribution is -2.28. The molecule has 16 heteroatoms. The van der Waals surface area contributed by atoms with Gasteiger partial charge in [0, 0.05) is 16.5 Å². The molecule has 0 bridgehead atoms. The van der Waals surface area contributed by atoms with Gasteiger partial charge in [-0.25, -0.2) is 26.3 Å². The molecule has 0 amide bonds. The van der Waals surface area contributed by atoms with Crippen LogP contribution in [0.3, 0.4) is 0 Å². The zero-order valence-electron chi connectivity index (χ0n) is 21.3. The highest BCUT2D eigenvalue weighted by Crippen LogP contribution is 2.46. The van der Waals surface area contributed by atoms with Gasteiger partial charge < -0.3 is 20.9 Å². The second-order valence-corrected chi connectivity index (χ2v) is 9.31. The van der Waals surface area contributed by atoms with Crippen molar-refractivity contribution in [1.29, 1.82) is 0 Å². The fraction of sp³-hybridized carbons (Fsp3) is 0.111. The zero-order chi connectivity index (χ0) is 32.3. The summed E-state index contributed by atoms with van der Waals surface area (Å²) in [6.45, 7) is 1.03. The molecule has 0 atom stereocenters. The van der Waals surface area contributed by atoms with Crippen LogP contribution in [0.15, 0.2) is 24.3 Å². The molecule has 0 saturated carbocycles. The van der Waals surface area contributed by atoms with Gasteiger partial charge in [0.1, 0.15) is 0 Å². The summed E-state index contributed by atoms with van der Waals surface area (Å²) in [6.07, 6.45) is 0. The molecule has 0 aromatic heterocycles. The van der Waals surface area contributed by atoms with Crippen molar-refractivity contribution in [2.45, 2.75) is 19.3 Å². The van der Waals surface area contributed by atoms with E-state index in [2.05, 4.69) is 9.47 Å². The summed E-state index contributed by atoms with van der Waals surface area (Å²) in [4.78, 5) is 0. The lowest BCUT2D eigenvalue weighted by Gasteiger charge is -2.29. The maximum absolute atomic E-state index is 15.2. The first-order valence-electron chi connectivity index (χ1n) is 11.5. The van der Waals surface area contributed by atoms with E-state index in [1.165, 1.54) is 0 Å². The van der Waals surface area contributed by atoms with Crippen molar-refractivity contribution in [2.24, 2.45) is 0 Å². The molecule has 0 aliphatic rings. The number of benzene rings is 4. The van der Waals surface area contributed by atoms with E-state index in [4.69, 9.17) is 11.5 Å². The second-order valence-electron chi connectivity index (χ2n) is 9.31. The average molecular weight is 626 g/mol. The van der Waals surface area contributed by atoms with Crippen molar-refractivity contribution in [1.82, 2.24) is 0 Å². The van der Waals surface area contributed by atoms with Crippen LogP contribution in [-0.2, 0) is 5.41 Å². The second kappa shape index (κ2) is 10.8. The molecule has 4 N–H and O–H groups in total. The number of ether oxygens (including phenoxy) is 2. The smallest absolute Gasteiger partial charge is 0.204 e. The Morgan fingerprint density at radius 2 is 0.698 bits per heavy atom. The number of halogens is 12. The normalized spacial score (nSPS) is 11.7. The molecule has 0 radical (unpaired) electrons. The number of nitrogens with two attached hydrogens (primary N) is 2. The lowest BCUT2D eigenvalue weighted by atomic mass is 9.76. The van der Waals surface area contributed by atoms with Crippen molar-refractivity contribution >= 4 is 11.4 Å². The van der Waals surface area contributed by atoms with Crippen LogP contribution in [0, 0.1) is 69.8 Å². The predicted octanol–water partition coefficient (Wildman–Crippen LogP) is 8.43. The van der Waals surface area contributed by atoms with Gasteiger partial charge in [0.05, 0.1) is 11.4 Å². The number of nitrogen functional groups attached to an aromatic ring is 2. The summed E-state index contributed by atoms with van der Waals surface area (Å²) in [7, 11) is 0. The molecule has 0 aliphatic heterocycles. The van der Waals surface area contributed by atoms with Gasteiger partial charge in [-0.15, -0.1) is 0 Å². The molecule has 0 unspecified atom stereocenters. The maximum Gasteiger partial charge on any atom is 0.204 e. The molecule has 0 aliphatic carbocycles. The first kappa shape index (κ1) is 31.2. The van der Waals surface area contributed by atoms with Crippen molar-refractivity contribution in [3.8, 4) is 23.0 Å². The topological polar surface area (TPSA) is 70.5 Å². The summed E-state index contributed by atoms with van der Waals surface area (Å²) < 4.78 is 185. The molecule has 0 spiro atoms. The third kappa shape index (κ3) is 4.89. The molecule has 0 saturated heterocycles. The van der Waals surface area contributed by atoms with Crippen molar-refractivity contribution in [3.63, 3.8) is 0 Å². The van der Waals surface area contributed by atoms with E-state index in [0.29, 0.717) is 38.1 Å². The Morgan fingerprint density at radius 1 is 0.419 bits per heavy atom. The molecule has 228 valence electrons. The summed E-state index contributed by atoms with van der Waals surface area (Å²) in [6, 6.07) is 2.50.